The number of benzene rings is 1. The summed E-state index contributed by atoms with van der Waals surface area (Å²) in [5, 5.41) is 9.03. The lowest BCUT2D eigenvalue weighted by molar-refractivity contribution is 0.218. The molecule has 0 saturated heterocycles. The zero-order valence-electron chi connectivity index (χ0n) is 7.64. The second kappa shape index (κ2) is 4.42. The van der Waals surface area contributed by atoms with Gasteiger partial charge in [0.15, 0.2) is 9.84 Å². The van der Waals surface area contributed by atoms with E-state index < -0.39 is 15.9 Å². The van der Waals surface area contributed by atoms with Gasteiger partial charge in [0.25, 0.3) is 0 Å². The van der Waals surface area contributed by atoms with Gasteiger partial charge in [0.1, 0.15) is 0 Å². The van der Waals surface area contributed by atoms with Crippen molar-refractivity contribution in [3.05, 3.63) is 28.7 Å². The molecule has 1 aromatic carbocycles. The van der Waals surface area contributed by atoms with E-state index in [1.54, 1.807) is 12.1 Å². The molecule has 0 saturated carbocycles. The molecule has 1 N–H and O–H groups in total. The zero-order valence-corrected chi connectivity index (χ0v) is 10.0. The van der Waals surface area contributed by atoms with Gasteiger partial charge in [-0.15, -0.1) is 0 Å². The maximum absolute atomic E-state index is 11.6. The van der Waals surface area contributed by atoms with Crippen LogP contribution >= 0.6 is 15.9 Å². The Bertz CT molecular complexity index is 412. The lowest BCUT2D eigenvalue weighted by Crippen LogP contribution is -2.17. The second-order valence-electron chi connectivity index (χ2n) is 3.09. The third-order valence-electron chi connectivity index (χ3n) is 1.62. The highest BCUT2D eigenvalue weighted by atomic mass is 79.9. The Balaban J connectivity index is 3.05. The van der Waals surface area contributed by atoms with Crippen molar-refractivity contribution in [2.75, 3.05) is 5.75 Å². The van der Waals surface area contributed by atoms with E-state index >= 15 is 0 Å². The van der Waals surface area contributed by atoms with Crippen LogP contribution < -0.4 is 0 Å². The fraction of sp³-hybridized carbons (Fsp3) is 0.333. The predicted octanol–water partition coefficient (Wildman–Crippen LogP) is 1.60. The molecule has 0 aliphatic heterocycles. The van der Waals surface area contributed by atoms with E-state index in [9.17, 15) is 8.42 Å². The van der Waals surface area contributed by atoms with E-state index in [-0.39, 0.29) is 10.6 Å². The van der Waals surface area contributed by atoms with E-state index in [1.807, 2.05) is 0 Å². The van der Waals surface area contributed by atoms with Crippen LogP contribution in [0.15, 0.2) is 33.6 Å². The molecule has 1 atom stereocenters. The molecule has 78 valence electrons. The molecule has 0 amide bonds. The normalized spacial score (nSPS) is 13.9. The minimum Gasteiger partial charge on any atom is -0.392 e. The van der Waals surface area contributed by atoms with Crippen molar-refractivity contribution in [3.8, 4) is 0 Å². The number of aliphatic hydroxyl groups excluding tert-OH is 1. The van der Waals surface area contributed by atoms with Crippen LogP contribution in [0.25, 0.3) is 0 Å². The van der Waals surface area contributed by atoms with E-state index in [0.29, 0.717) is 4.47 Å². The molecule has 1 rings (SSSR count). The molecule has 0 unspecified atom stereocenters. The van der Waals surface area contributed by atoms with Crippen molar-refractivity contribution in [1.29, 1.82) is 0 Å². The Morgan fingerprint density at radius 2 is 2.14 bits per heavy atom. The topological polar surface area (TPSA) is 54.4 Å². The third-order valence-corrected chi connectivity index (χ3v) is 4.00. The Hall–Kier alpha value is -0.390. The van der Waals surface area contributed by atoms with Crippen LogP contribution in [0.3, 0.4) is 0 Å². The van der Waals surface area contributed by atoms with Crippen LogP contribution in [0, 0.1) is 0 Å². The predicted molar refractivity (Wildman–Crippen MR) is 57.9 cm³/mol. The van der Waals surface area contributed by atoms with Gasteiger partial charge in [-0.2, -0.15) is 0 Å². The van der Waals surface area contributed by atoms with Crippen molar-refractivity contribution in [3.63, 3.8) is 0 Å². The summed E-state index contributed by atoms with van der Waals surface area (Å²) in [4.78, 5) is 0.229. The van der Waals surface area contributed by atoms with Gasteiger partial charge in [0, 0.05) is 4.47 Å². The van der Waals surface area contributed by atoms with Gasteiger partial charge < -0.3 is 5.11 Å². The minimum atomic E-state index is -3.36. The number of sulfone groups is 1. The summed E-state index contributed by atoms with van der Waals surface area (Å²) in [5.74, 6) is -0.247. The minimum absolute atomic E-state index is 0.229. The summed E-state index contributed by atoms with van der Waals surface area (Å²) in [5.41, 5.74) is 0. The number of hydrogen-bond donors (Lipinski definition) is 1. The lowest BCUT2D eigenvalue weighted by Gasteiger charge is -2.06. The largest absolute Gasteiger partial charge is 0.392 e. The van der Waals surface area contributed by atoms with Gasteiger partial charge in [0.05, 0.1) is 16.8 Å². The van der Waals surface area contributed by atoms with Gasteiger partial charge in [-0.25, -0.2) is 8.42 Å². The van der Waals surface area contributed by atoms with E-state index in [4.69, 9.17) is 5.11 Å². The molecule has 1 aromatic rings. The maximum atomic E-state index is 11.6. The first-order valence-corrected chi connectivity index (χ1v) is 6.53. The molecule has 3 nitrogen and oxygen atoms in total. The summed E-state index contributed by atoms with van der Waals surface area (Å²) >= 11 is 3.19. The van der Waals surface area contributed by atoms with Gasteiger partial charge >= 0.3 is 0 Å². The molecule has 14 heavy (non-hydrogen) atoms. The standard InChI is InChI=1S/C9H11BrO3S/c1-7(11)6-14(12,13)9-4-2-3-8(10)5-9/h2-5,7,11H,6H2,1H3/t7-/m0/s1. The molecule has 0 bridgehead atoms. The number of hydrogen-bond acceptors (Lipinski definition) is 3. The van der Waals surface area contributed by atoms with E-state index in [2.05, 4.69) is 15.9 Å². The van der Waals surface area contributed by atoms with E-state index in [1.165, 1.54) is 19.1 Å². The van der Waals surface area contributed by atoms with Gasteiger partial charge in [0.2, 0.25) is 0 Å². The van der Waals surface area contributed by atoms with Crippen molar-refractivity contribution < 1.29 is 13.5 Å². The van der Waals surface area contributed by atoms with Crippen molar-refractivity contribution >= 4 is 25.8 Å². The average molecular weight is 279 g/mol. The monoisotopic (exact) mass is 278 g/mol. The van der Waals surface area contributed by atoms with Gasteiger partial charge in [-0.3, -0.25) is 0 Å². The summed E-state index contributed by atoms with van der Waals surface area (Å²) < 4.78 is 23.9. The SMILES string of the molecule is C[C@H](O)CS(=O)(=O)c1cccc(Br)c1. The summed E-state index contributed by atoms with van der Waals surface area (Å²) in [6.45, 7) is 1.45. The Labute approximate surface area is 91.8 Å². The van der Waals surface area contributed by atoms with Gasteiger partial charge in [-0.05, 0) is 25.1 Å². The molecule has 0 radical (unpaired) electrons. The number of halogens is 1. The van der Waals surface area contributed by atoms with Crippen LogP contribution in [-0.4, -0.2) is 25.4 Å². The molecule has 0 spiro atoms. The first-order valence-electron chi connectivity index (χ1n) is 4.08. The molecular weight excluding hydrogens is 268 g/mol. The Morgan fingerprint density at radius 1 is 1.50 bits per heavy atom. The fourth-order valence-electron chi connectivity index (χ4n) is 1.07. The number of rotatable bonds is 3. The summed E-state index contributed by atoms with van der Waals surface area (Å²) in [6.07, 6.45) is -0.848. The molecule has 5 heteroatoms. The fourth-order valence-corrected chi connectivity index (χ4v) is 3.04. The second-order valence-corrected chi connectivity index (χ2v) is 6.04. The molecular formula is C9H11BrO3S. The van der Waals surface area contributed by atoms with Crippen LogP contribution in [0.1, 0.15) is 6.92 Å². The number of aliphatic hydroxyl groups is 1. The van der Waals surface area contributed by atoms with Gasteiger partial charge in [-0.1, -0.05) is 22.0 Å². The smallest absolute Gasteiger partial charge is 0.180 e. The van der Waals surface area contributed by atoms with Crippen molar-refractivity contribution in [1.82, 2.24) is 0 Å². The molecule has 0 heterocycles. The van der Waals surface area contributed by atoms with Crippen LogP contribution in [0.2, 0.25) is 0 Å². The quantitative estimate of drug-likeness (QED) is 0.914. The molecule has 0 aliphatic rings. The third kappa shape index (κ3) is 3.08. The zero-order chi connectivity index (χ0) is 10.8. The molecule has 0 aromatic heterocycles. The molecule has 0 aliphatic carbocycles. The highest BCUT2D eigenvalue weighted by Gasteiger charge is 2.16. The Kier molecular flexibility index (Phi) is 3.69. The first kappa shape index (κ1) is 11.7. The van der Waals surface area contributed by atoms with Crippen molar-refractivity contribution in [2.45, 2.75) is 17.9 Å². The maximum Gasteiger partial charge on any atom is 0.180 e. The average Bonchev–Trinajstić information content (AvgIpc) is 2.01. The van der Waals surface area contributed by atoms with Crippen LogP contribution in [0.5, 0.6) is 0 Å². The summed E-state index contributed by atoms with van der Waals surface area (Å²) in [7, 11) is -3.36. The van der Waals surface area contributed by atoms with E-state index in [0.717, 1.165) is 0 Å². The Morgan fingerprint density at radius 3 is 2.64 bits per heavy atom. The lowest BCUT2D eigenvalue weighted by atomic mass is 10.4. The molecule has 0 fully saturated rings. The first-order chi connectivity index (χ1) is 6.42. The van der Waals surface area contributed by atoms with Crippen molar-refractivity contribution in [2.24, 2.45) is 0 Å². The van der Waals surface area contributed by atoms with Crippen LogP contribution in [-0.2, 0) is 9.84 Å². The highest BCUT2D eigenvalue weighted by molar-refractivity contribution is 9.10. The highest BCUT2D eigenvalue weighted by Crippen LogP contribution is 2.17. The summed E-state index contributed by atoms with van der Waals surface area (Å²) in [6, 6.07) is 6.45. The van der Waals surface area contributed by atoms with Crippen LogP contribution in [0.4, 0.5) is 0 Å².